The highest BCUT2D eigenvalue weighted by Crippen LogP contribution is 2.15. The second-order valence-electron chi connectivity index (χ2n) is 4.46. The lowest BCUT2D eigenvalue weighted by Gasteiger charge is -2.04. The number of carboxylic acids is 1. The van der Waals surface area contributed by atoms with Gasteiger partial charge in [0.2, 0.25) is 18.7 Å². The molecule has 0 aliphatic carbocycles. The number of carboxylic acid groups (broad SMARTS) is 1. The van der Waals surface area contributed by atoms with Crippen molar-refractivity contribution in [2.24, 2.45) is 5.16 Å². The van der Waals surface area contributed by atoms with E-state index in [1.165, 1.54) is 5.38 Å². The highest BCUT2D eigenvalue weighted by atomic mass is 32.1. The fourth-order valence-corrected chi connectivity index (χ4v) is 2.28. The van der Waals surface area contributed by atoms with Gasteiger partial charge in [0.1, 0.15) is 12.3 Å². The van der Waals surface area contributed by atoms with Gasteiger partial charge in [-0.1, -0.05) is 35.5 Å². The number of aromatic nitrogens is 1. The van der Waals surface area contributed by atoms with Crippen molar-refractivity contribution in [2.75, 3.05) is 11.9 Å². The van der Waals surface area contributed by atoms with E-state index >= 15 is 0 Å². The number of nitrogens with zero attached hydrogens (tertiary/aromatic N) is 2. The van der Waals surface area contributed by atoms with Crippen molar-refractivity contribution < 1.29 is 29.1 Å². The van der Waals surface area contributed by atoms with E-state index in [4.69, 9.17) is 14.7 Å². The zero-order chi connectivity index (χ0) is 18.1. The number of oxime groups is 1. The first-order chi connectivity index (χ1) is 12.1. The first-order valence-electron chi connectivity index (χ1n) is 6.89. The van der Waals surface area contributed by atoms with E-state index in [-0.39, 0.29) is 17.4 Å². The molecule has 0 radical (unpaired) electrons. The van der Waals surface area contributed by atoms with E-state index in [2.05, 4.69) is 15.5 Å². The van der Waals surface area contributed by atoms with Gasteiger partial charge in [-0.15, -0.1) is 11.3 Å². The number of carbonyl (C=O) groups is 3. The molecule has 1 heterocycles. The number of nitrogens with one attached hydrogen (secondary N) is 1. The summed E-state index contributed by atoms with van der Waals surface area (Å²) < 4.78 is 4.97. The Kier molecular flexibility index (Phi) is 6.60. The summed E-state index contributed by atoms with van der Waals surface area (Å²) in [6.07, 6.45) is 0.416. The standard InChI is InChI=1S/C15H13N3O6S/c19-9-16-15-17-11(8-25-15)13(14(21)22)18-24-7-12(20)23-6-10-4-2-1-3-5-10/h1-5,8-9H,6-7H2,(H,21,22)(H,16,17,19). The predicted molar refractivity (Wildman–Crippen MR) is 88.2 cm³/mol. The molecule has 0 aliphatic heterocycles. The van der Waals surface area contributed by atoms with E-state index in [0.717, 1.165) is 16.9 Å². The molecule has 0 saturated carbocycles. The molecule has 1 aromatic carbocycles. The minimum Gasteiger partial charge on any atom is -0.476 e. The molecule has 0 saturated heterocycles. The predicted octanol–water partition coefficient (Wildman–Crippen LogP) is 1.26. The van der Waals surface area contributed by atoms with Gasteiger partial charge in [0.05, 0.1) is 0 Å². The van der Waals surface area contributed by atoms with Crippen LogP contribution in [0.4, 0.5) is 5.13 Å². The Morgan fingerprint density at radius 3 is 2.76 bits per heavy atom. The molecular weight excluding hydrogens is 350 g/mol. The Labute approximate surface area is 145 Å². The highest BCUT2D eigenvalue weighted by molar-refractivity contribution is 7.14. The van der Waals surface area contributed by atoms with Gasteiger partial charge in [0.25, 0.3) is 0 Å². The molecule has 130 valence electrons. The number of rotatable bonds is 9. The lowest BCUT2D eigenvalue weighted by atomic mass is 10.2. The minimum atomic E-state index is -1.39. The Morgan fingerprint density at radius 2 is 2.08 bits per heavy atom. The highest BCUT2D eigenvalue weighted by Gasteiger charge is 2.18. The second kappa shape index (κ2) is 9.13. The molecule has 0 atom stereocenters. The van der Waals surface area contributed by atoms with Gasteiger partial charge in [0.15, 0.2) is 5.13 Å². The molecule has 10 heteroatoms. The van der Waals surface area contributed by atoms with Gasteiger partial charge < -0.3 is 20.0 Å². The van der Waals surface area contributed by atoms with E-state index in [1.54, 1.807) is 12.1 Å². The fraction of sp³-hybridized carbons (Fsp3) is 0.133. The zero-order valence-electron chi connectivity index (χ0n) is 12.7. The second-order valence-corrected chi connectivity index (χ2v) is 5.32. The number of thiazole rings is 1. The molecule has 0 bridgehead atoms. The summed E-state index contributed by atoms with van der Waals surface area (Å²) in [5.74, 6) is -2.08. The maximum absolute atomic E-state index is 11.6. The van der Waals surface area contributed by atoms with E-state index in [0.29, 0.717) is 6.41 Å². The third kappa shape index (κ3) is 5.70. The van der Waals surface area contributed by atoms with Crippen molar-refractivity contribution >= 4 is 40.5 Å². The van der Waals surface area contributed by atoms with Gasteiger partial charge in [0, 0.05) is 5.38 Å². The molecular formula is C15H13N3O6S. The maximum Gasteiger partial charge on any atom is 0.360 e. The molecule has 1 aromatic heterocycles. The van der Waals surface area contributed by atoms with Crippen LogP contribution in [0.5, 0.6) is 0 Å². The number of carbonyl (C=O) groups excluding carboxylic acids is 2. The molecule has 1 amide bonds. The lowest BCUT2D eigenvalue weighted by molar-refractivity contribution is -0.150. The monoisotopic (exact) mass is 363 g/mol. The molecule has 0 fully saturated rings. The first kappa shape index (κ1) is 18.1. The Hall–Kier alpha value is -3.27. The number of anilines is 1. The average molecular weight is 363 g/mol. The van der Waals surface area contributed by atoms with Crippen LogP contribution in [0.15, 0.2) is 40.9 Å². The normalized spacial score (nSPS) is 10.8. The summed E-state index contributed by atoms with van der Waals surface area (Å²) in [7, 11) is 0. The topological polar surface area (TPSA) is 127 Å². The fourth-order valence-electron chi connectivity index (χ4n) is 1.62. The SMILES string of the molecule is O=CNc1nc(C(=NOCC(=O)OCc2ccccc2)C(=O)O)cs1. The smallest absolute Gasteiger partial charge is 0.360 e. The van der Waals surface area contributed by atoms with Crippen LogP contribution < -0.4 is 5.32 Å². The molecule has 2 rings (SSSR count). The average Bonchev–Trinajstić information content (AvgIpc) is 3.06. The van der Waals surface area contributed by atoms with E-state index < -0.39 is 24.3 Å². The van der Waals surface area contributed by atoms with Crippen molar-refractivity contribution in [1.82, 2.24) is 4.98 Å². The van der Waals surface area contributed by atoms with Gasteiger partial charge >= 0.3 is 11.9 Å². The number of esters is 1. The lowest BCUT2D eigenvalue weighted by Crippen LogP contribution is -2.17. The third-order valence-corrected chi connectivity index (χ3v) is 3.49. The molecule has 25 heavy (non-hydrogen) atoms. The molecule has 0 aliphatic rings. The van der Waals surface area contributed by atoms with Crippen LogP contribution in [0, 0.1) is 0 Å². The van der Waals surface area contributed by atoms with Crippen LogP contribution in [0.1, 0.15) is 11.3 Å². The molecule has 2 aromatic rings. The van der Waals surface area contributed by atoms with Crippen molar-refractivity contribution in [3.63, 3.8) is 0 Å². The summed E-state index contributed by atoms with van der Waals surface area (Å²) in [5, 5.41) is 16.4. The molecule has 9 nitrogen and oxygen atoms in total. The Bertz CT molecular complexity index is 775. The minimum absolute atomic E-state index is 0.000460. The van der Waals surface area contributed by atoms with Crippen LogP contribution in [-0.2, 0) is 30.6 Å². The summed E-state index contributed by atoms with van der Waals surface area (Å²) in [4.78, 5) is 41.7. The van der Waals surface area contributed by atoms with Crippen molar-refractivity contribution in [2.45, 2.75) is 6.61 Å². The zero-order valence-corrected chi connectivity index (χ0v) is 13.6. The number of benzene rings is 1. The summed E-state index contributed by atoms with van der Waals surface area (Å²) >= 11 is 1.02. The van der Waals surface area contributed by atoms with E-state index in [9.17, 15) is 14.4 Å². The van der Waals surface area contributed by atoms with Crippen LogP contribution in [0.25, 0.3) is 0 Å². The van der Waals surface area contributed by atoms with Crippen molar-refractivity contribution in [3.05, 3.63) is 47.0 Å². The molecule has 0 spiro atoms. The summed E-state index contributed by atoms with van der Waals surface area (Å²) in [6, 6.07) is 9.05. The first-order valence-corrected chi connectivity index (χ1v) is 7.77. The number of hydrogen-bond donors (Lipinski definition) is 2. The maximum atomic E-state index is 11.6. The largest absolute Gasteiger partial charge is 0.476 e. The van der Waals surface area contributed by atoms with E-state index in [1.807, 2.05) is 18.2 Å². The number of ether oxygens (including phenoxy) is 1. The number of hydrogen-bond acceptors (Lipinski definition) is 8. The van der Waals surface area contributed by atoms with Crippen LogP contribution in [0.2, 0.25) is 0 Å². The van der Waals surface area contributed by atoms with Crippen LogP contribution >= 0.6 is 11.3 Å². The molecule has 0 unspecified atom stereocenters. The number of aliphatic carboxylic acids is 1. The van der Waals surface area contributed by atoms with Gasteiger partial charge in [-0.3, -0.25) is 4.79 Å². The van der Waals surface area contributed by atoms with Crippen molar-refractivity contribution in [3.8, 4) is 0 Å². The third-order valence-electron chi connectivity index (χ3n) is 2.71. The quantitative estimate of drug-likeness (QED) is 0.297. The Morgan fingerprint density at radius 1 is 1.32 bits per heavy atom. The molecule has 2 N–H and O–H groups in total. The number of amides is 1. The summed E-state index contributed by atoms with van der Waals surface area (Å²) in [5.41, 5.74) is 0.314. The van der Waals surface area contributed by atoms with Gasteiger partial charge in [-0.2, -0.15) is 0 Å². The van der Waals surface area contributed by atoms with Crippen molar-refractivity contribution in [1.29, 1.82) is 0 Å². The summed E-state index contributed by atoms with van der Waals surface area (Å²) in [6.45, 7) is -0.474. The van der Waals surface area contributed by atoms with Crippen LogP contribution in [0.3, 0.4) is 0 Å². The Balaban J connectivity index is 1.89. The van der Waals surface area contributed by atoms with Gasteiger partial charge in [-0.25, -0.2) is 14.6 Å². The van der Waals surface area contributed by atoms with Crippen LogP contribution in [-0.4, -0.2) is 40.8 Å². The van der Waals surface area contributed by atoms with Gasteiger partial charge in [-0.05, 0) is 5.56 Å².